The first kappa shape index (κ1) is 24.7. The quantitative estimate of drug-likeness (QED) is 0.235. The first-order chi connectivity index (χ1) is 14.5. The Morgan fingerprint density at radius 2 is 1.40 bits per heavy atom. The Morgan fingerprint density at radius 3 is 1.93 bits per heavy atom. The Morgan fingerprint density at radius 1 is 0.833 bits per heavy atom. The van der Waals surface area contributed by atoms with E-state index in [1.807, 2.05) is 18.2 Å². The molecule has 2 aromatic rings. The van der Waals surface area contributed by atoms with Crippen LogP contribution in [0.25, 0.3) is 10.8 Å². The normalized spacial score (nSPS) is 11.8. The molecule has 0 unspecified atom stereocenters. The zero-order valence-corrected chi connectivity index (χ0v) is 19.5. The number of fused-ring (bicyclic) bond motifs is 1. The van der Waals surface area contributed by atoms with Gasteiger partial charge in [-0.3, -0.25) is 4.55 Å². The van der Waals surface area contributed by atoms with Crippen molar-refractivity contribution in [2.45, 2.75) is 95.3 Å². The Labute approximate surface area is 182 Å². The van der Waals surface area contributed by atoms with Gasteiger partial charge in [-0.1, -0.05) is 89.7 Å². The van der Waals surface area contributed by atoms with Crippen LogP contribution in [0.3, 0.4) is 0 Å². The maximum Gasteiger partial charge on any atom is 0.294 e. The molecular weight excluding hydrogens is 396 g/mol. The van der Waals surface area contributed by atoms with E-state index in [-0.39, 0.29) is 4.90 Å². The molecule has 0 heterocycles. The highest BCUT2D eigenvalue weighted by atomic mass is 32.2. The van der Waals surface area contributed by atoms with Crippen molar-refractivity contribution in [3.63, 3.8) is 0 Å². The molecule has 0 amide bonds. The number of benzene rings is 2. The molecule has 0 bridgehead atoms. The molecule has 2 aromatic carbocycles. The topological polar surface area (TPSA) is 63.6 Å². The molecule has 1 N–H and O–H groups in total. The number of hydrogen-bond acceptors (Lipinski definition) is 3. The molecule has 0 radical (unpaired) electrons. The summed E-state index contributed by atoms with van der Waals surface area (Å²) in [5.74, 6) is 0.739. The van der Waals surface area contributed by atoms with E-state index < -0.39 is 10.1 Å². The number of unbranched alkanes of at least 4 members (excludes halogenated alkanes) is 11. The highest BCUT2D eigenvalue weighted by Crippen LogP contribution is 2.32. The second kappa shape index (κ2) is 13.0. The van der Waals surface area contributed by atoms with Crippen molar-refractivity contribution in [2.75, 3.05) is 7.11 Å². The summed E-state index contributed by atoms with van der Waals surface area (Å²) >= 11 is 0. The Kier molecular flexibility index (Phi) is 10.7. The van der Waals surface area contributed by atoms with Crippen molar-refractivity contribution >= 4 is 20.9 Å². The van der Waals surface area contributed by atoms with Gasteiger partial charge in [0.05, 0.1) is 12.0 Å². The Balaban J connectivity index is 1.83. The van der Waals surface area contributed by atoms with Gasteiger partial charge in [0.15, 0.2) is 0 Å². The average Bonchev–Trinajstić information content (AvgIpc) is 2.73. The van der Waals surface area contributed by atoms with E-state index in [1.54, 1.807) is 13.2 Å². The highest BCUT2D eigenvalue weighted by Gasteiger charge is 2.15. The van der Waals surface area contributed by atoms with E-state index in [0.717, 1.165) is 41.3 Å². The van der Waals surface area contributed by atoms with Gasteiger partial charge in [-0.15, -0.1) is 0 Å². The first-order valence-corrected chi connectivity index (χ1v) is 13.0. The molecule has 0 aliphatic carbocycles. The van der Waals surface area contributed by atoms with Gasteiger partial charge in [-0.05, 0) is 42.0 Å². The van der Waals surface area contributed by atoms with Crippen LogP contribution in [0.4, 0.5) is 0 Å². The standard InChI is InChI=1S/C25H38O4S/c1-3-4-5-6-7-8-9-10-11-12-13-14-16-21-19-23(30(26,27)28)20-22-17-15-18-24(29-2)25(21)22/h15,17-20H,3-14,16H2,1-2H3,(H,26,27,28). The monoisotopic (exact) mass is 434 g/mol. The summed E-state index contributed by atoms with van der Waals surface area (Å²) in [4.78, 5) is -0.0443. The van der Waals surface area contributed by atoms with Gasteiger partial charge in [-0.25, -0.2) is 0 Å². The molecule has 2 rings (SSSR count). The van der Waals surface area contributed by atoms with Gasteiger partial charge in [0.25, 0.3) is 10.1 Å². The summed E-state index contributed by atoms with van der Waals surface area (Å²) in [5.41, 5.74) is 0.921. The molecule has 0 aromatic heterocycles. The number of methoxy groups -OCH3 is 1. The molecule has 0 aliphatic heterocycles. The lowest BCUT2D eigenvalue weighted by molar-refractivity contribution is 0.419. The third-order valence-corrected chi connectivity index (χ3v) is 6.64. The van der Waals surface area contributed by atoms with Gasteiger partial charge in [-0.2, -0.15) is 8.42 Å². The average molecular weight is 435 g/mol. The van der Waals surface area contributed by atoms with Gasteiger partial charge in [0.1, 0.15) is 5.75 Å². The van der Waals surface area contributed by atoms with Crippen LogP contribution in [-0.4, -0.2) is 20.1 Å². The van der Waals surface area contributed by atoms with Crippen molar-refractivity contribution in [1.82, 2.24) is 0 Å². The minimum atomic E-state index is -4.23. The summed E-state index contributed by atoms with van der Waals surface area (Å²) in [6.45, 7) is 2.25. The second-order valence-corrected chi connectivity index (χ2v) is 9.68. The fourth-order valence-corrected chi connectivity index (χ4v) is 4.69. The van der Waals surface area contributed by atoms with E-state index in [1.165, 1.54) is 70.3 Å². The largest absolute Gasteiger partial charge is 0.496 e. The van der Waals surface area contributed by atoms with E-state index in [4.69, 9.17) is 4.74 Å². The van der Waals surface area contributed by atoms with E-state index in [2.05, 4.69) is 6.92 Å². The molecule has 0 spiro atoms. The Hall–Kier alpha value is -1.59. The smallest absolute Gasteiger partial charge is 0.294 e. The van der Waals surface area contributed by atoms with E-state index >= 15 is 0 Å². The highest BCUT2D eigenvalue weighted by molar-refractivity contribution is 7.85. The third kappa shape index (κ3) is 7.92. The summed E-state index contributed by atoms with van der Waals surface area (Å²) in [7, 11) is -2.61. The number of aryl methyl sites for hydroxylation is 1. The van der Waals surface area contributed by atoms with Crippen molar-refractivity contribution in [3.05, 3.63) is 35.9 Å². The lowest BCUT2D eigenvalue weighted by atomic mass is 9.98. The molecule has 0 aliphatic rings. The van der Waals surface area contributed by atoms with Crippen molar-refractivity contribution in [2.24, 2.45) is 0 Å². The van der Waals surface area contributed by atoms with Crippen molar-refractivity contribution in [3.8, 4) is 5.75 Å². The molecule has 0 saturated carbocycles. The molecule has 4 nitrogen and oxygen atoms in total. The van der Waals surface area contributed by atoms with Crippen molar-refractivity contribution < 1.29 is 17.7 Å². The lowest BCUT2D eigenvalue weighted by Gasteiger charge is -2.13. The molecule has 168 valence electrons. The zero-order valence-electron chi connectivity index (χ0n) is 18.7. The number of rotatable bonds is 15. The molecule has 0 atom stereocenters. The molecule has 30 heavy (non-hydrogen) atoms. The van der Waals surface area contributed by atoms with Gasteiger partial charge >= 0.3 is 0 Å². The first-order valence-electron chi connectivity index (χ1n) is 11.5. The molecular formula is C25H38O4S. The SMILES string of the molecule is CCCCCCCCCCCCCCc1cc(S(=O)(=O)O)cc2cccc(OC)c12. The van der Waals surface area contributed by atoms with Crippen LogP contribution in [0.15, 0.2) is 35.2 Å². The zero-order chi connectivity index (χ0) is 21.8. The molecule has 5 heteroatoms. The molecule has 0 fully saturated rings. The predicted molar refractivity (Wildman–Crippen MR) is 125 cm³/mol. The predicted octanol–water partition coefficient (Wildman–Crippen LogP) is 7.34. The van der Waals surface area contributed by atoms with Crippen LogP contribution in [0.1, 0.15) is 89.5 Å². The summed E-state index contributed by atoms with van der Waals surface area (Å²) in [6.07, 6.45) is 16.2. The van der Waals surface area contributed by atoms with E-state index in [0.29, 0.717) is 0 Å². The van der Waals surface area contributed by atoms with E-state index in [9.17, 15) is 13.0 Å². The maximum atomic E-state index is 11.7. The fourth-order valence-electron chi connectivity index (χ4n) is 4.12. The minimum absolute atomic E-state index is 0.0443. The van der Waals surface area contributed by atoms with Crippen LogP contribution < -0.4 is 4.74 Å². The minimum Gasteiger partial charge on any atom is -0.496 e. The van der Waals surface area contributed by atoms with Crippen LogP contribution in [-0.2, 0) is 16.5 Å². The van der Waals surface area contributed by atoms with Crippen molar-refractivity contribution in [1.29, 1.82) is 0 Å². The third-order valence-electron chi connectivity index (χ3n) is 5.81. The number of ether oxygens (including phenoxy) is 1. The van der Waals surface area contributed by atoms with Crippen LogP contribution in [0, 0.1) is 0 Å². The lowest BCUT2D eigenvalue weighted by Crippen LogP contribution is -2.01. The Bertz CT molecular complexity index is 874. The molecule has 0 saturated heterocycles. The number of hydrogen-bond donors (Lipinski definition) is 1. The van der Waals surface area contributed by atoms with Crippen LogP contribution >= 0.6 is 0 Å². The maximum absolute atomic E-state index is 11.7. The van der Waals surface area contributed by atoms with Gasteiger partial charge in [0.2, 0.25) is 0 Å². The summed E-state index contributed by atoms with van der Waals surface area (Å²) in [5, 5.41) is 1.72. The van der Waals surface area contributed by atoms with Crippen LogP contribution in [0.5, 0.6) is 5.75 Å². The summed E-state index contributed by atoms with van der Waals surface area (Å²) in [6, 6.07) is 8.69. The van der Waals surface area contributed by atoms with Gasteiger partial charge in [0, 0.05) is 5.39 Å². The summed E-state index contributed by atoms with van der Waals surface area (Å²) < 4.78 is 38.4. The second-order valence-electron chi connectivity index (χ2n) is 8.25. The van der Waals surface area contributed by atoms with Gasteiger partial charge < -0.3 is 4.74 Å². The fraction of sp³-hybridized carbons (Fsp3) is 0.600. The van der Waals surface area contributed by atoms with Crippen LogP contribution in [0.2, 0.25) is 0 Å².